The third-order valence-corrected chi connectivity index (χ3v) is 2.64. The van der Waals surface area contributed by atoms with Crippen molar-refractivity contribution < 1.29 is 0 Å². The van der Waals surface area contributed by atoms with Gasteiger partial charge in [0.05, 0.1) is 0 Å². The van der Waals surface area contributed by atoms with Crippen LogP contribution in [-0.4, -0.2) is 15.0 Å². The third-order valence-electron chi connectivity index (χ3n) is 2.64. The largest absolute Gasteiger partial charge is 0.368 e. The molecule has 0 atom stereocenters. The minimum Gasteiger partial charge on any atom is -0.368 e. The Morgan fingerprint density at radius 2 is 1.82 bits per heavy atom. The fourth-order valence-electron chi connectivity index (χ4n) is 1.64. The van der Waals surface area contributed by atoms with Crippen molar-refractivity contribution in [2.45, 2.75) is 18.8 Å². The molecule has 5 nitrogen and oxygen atoms in total. The van der Waals surface area contributed by atoms with Crippen molar-refractivity contribution in [1.29, 1.82) is 0 Å². The van der Waals surface area contributed by atoms with E-state index in [1.807, 2.05) is 30.3 Å². The predicted molar refractivity (Wildman–Crippen MR) is 65.9 cm³/mol. The van der Waals surface area contributed by atoms with Gasteiger partial charge in [-0.05, 0) is 25.0 Å². The lowest BCUT2D eigenvalue weighted by atomic mass is 10.3. The van der Waals surface area contributed by atoms with E-state index in [1.54, 1.807) is 0 Å². The first kappa shape index (κ1) is 10.0. The second-order valence-corrected chi connectivity index (χ2v) is 4.14. The summed E-state index contributed by atoms with van der Waals surface area (Å²) >= 11 is 0. The fraction of sp³-hybridized carbons (Fsp3) is 0.250. The van der Waals surface area contributed by atoms with Gasteiger partial charge in [-0.2, -0.15) is 15.0 Å². The maximum Gasteiger partial charge on any atom is 0.232 e. The average molecular weight is 227 g/mol. The Labute approximate surface area is 99.1 Å². The molecule has 0 radical (unpaired) electrons. The van der Waals surface area contributed by atoms with E-state index in [1.165, 1.54) is 0 Å². The van der Waals surface area contributed by atoms with Gasteiger partial charge < -0.3 is 11.1 Å². The summed E-state index contributed by atoms with van der Waals surface area (Å²) in [6.07, 6.45) is 2.29. The van der Waals surface area contributed by atoms with Crippen molar-refractivity contribution in [3.05, 3.63) is 36.2 Å². The van der Waals surface area contributed by atoms with Crippen molar-refractivity contribution in [3.63, 3.8) is 0 Å². The molecule has 86 valence electrons. The zero-order chi connectivity index (χ0) is 11.7. The Morgan fingerprint density at radius 3 is 2.53 bits per heavy atom. The Hall–Kier alpha value is -2.17. The summed E-state index contributed by atoms with van der Waals surface area (Å²) in [4.78, 5) is 12.6. The van der Waals surface area contributed by atoms with Crippen molar-refractivity contribution in [3.8, 4) is 0 Å². The van der Waals surface area contributed by atoms with Crippen molar-refractivity contribution in [2.24, 2.45) is 0 Å². The van der Waals surface area contributed by atoms with Crippen LogP contribution in [0.5, 0.6) is 0 Å². The van der Waals surface area contributed by atoms with Crippen LogP contribution in [0, 0.1) is 0 Å². The summed E-state index contributed by atoms with van der Waals surface area (Å²) < 4.78 is 0. The summed E-state index contributed by atoms with van der Waals surface area (Å²) in [6.45, 7) is 0. The van der Waals surface area contributed by atoms with E-state index in [0.717, 1.165) is 24.4 Å². The summed E-state index contributed by atoms with van der Waals surface area (Å²) in [6, 6.07) is 9.78. The number of para-hydroxylation sites is 1. The molecule has 1 aliphatic carbocycles. The molecule has 1 aromatic heterocycles. The van der Waals surface area contributed by atoms with E-state index in [4.69, 9.17) is 5.73 Å². The maximum atomic E-state index is 5.68. The normalized spacial score (nSPS) is 14.6. The van der Waals surface area contributed by atoms with Gasteiger partial charge >= 0.3 is 0 Å². The maximum absolute atomic E-state index is 5.68. The number of hydrogen-bond donors (Lipinski definition) is 2. The molecule has 2 aromatic rings. The Balaban J connectivity index is 1.87. The zero-order valence-electron chi connectivity index (χ0n) is 9.30. The Bertz CT molecular complexity index is 522. The van der Waals surface area contributed by atoms with Gasteiger partial charge in [-0.15, -0.1) is 0 Å². The summed E-state index contributed by atoms with van der Waals surface area (Å²) in [5.41, 5.74) is 6.62. The van der Waals surface area contributed by atoms with Crippen LogP contribution >= 0.6 is 0 Å². The number of nitrogens with one attached hydrogen (secondary N) is 1. The highest BCUT2D eigenvalue weighted by Crippen LogP contribution is 2.38. The molecule has 0 spiro atoms. The van der Waals surface area contributed by atoms with Crippen LogP contribution in [0.3, 0.4) is 0 Å². The number of benzene rings is 1. The van der Waals surface area contributed by atoms with Gasteiger partial charge in [-0.3, -0.25) is 0 Å². The molecule has 1 fully saturated rings. The predicted octanol–water partition coefficient (Wildman–Crippen LogP) is 2.07. The van der Waals surface area contributed by atoms with Crippen LogP contribution in [0.15, 0.2) is 30.3 Å². The molecule has 0 saturated heterocycles. The number of aromatic nitrogens is 3. The van der Waals surface area contributed by atoms with E-state index < -0.39 is 0 Å². The Morgan fingerprint density at radius 1 is 1.06 bits per heavy atom. The molecule has 1 saturated carbocycles. The van der Waals surface area contributed by atoms with Crippen LogP contribution in [0.4, 0.5) is 17.6 Å². The molecular weight excluding hydrogens is 214 g/mol. The van der Waals surface area contributed by atoms with Crippen molar-refractivity contribution in [1.82, 2.24) is 15.0 Å². The second kappa shape index (κ2) is 4.01. The second-order valence-electron chi connectivity index (χ2n) is 4.14. The SMILES string of the molecule is Nc1nc(Nc2ccccc2)nc(C2CC2)n1. The van der Waals surface area contributed by atoms with E-state index in [9.17, 15) is 0 Å². The first-order chi connectivity index (χ1) is 8.31. The molecule has 0 amide bonds. The number of nitrogens with two attached hydrogens (primary N) is 1. The number of hydrogen-bond acceptors (Lipinski definition) is 5. The molecule has 5 heteroatoms. The van der Waals surface area contributed by atoms with E-state index in [2.05, 4.69) is 20.3 Å². The standard InChI is InChI=1S/C12H13N5/c13-11-15-10(8-6-7-8)16-12(17-11)14-9-4-2-1-3-5-9/h1-5,8H,6-7H2,(H3,13,14,15,16,17). The lowest BCUT2D eigenvalue weighted by Gasteiger charge is -2.06. The number of anilines is 3. The smallest absolute Gasteiger partial charge is 0.232 e. The molecule has 1 aromatic carbocycles. The molecule has 1 aliphatic rings. The molecule has 3 rings (SSSR count). The summed E-state index contributed by atoms with van der Waals surface area (Å²) in [7, 11) is 0. The first-order valence-electron chi connectivity index (χ1n) is 5.65. The number of nitrogens with zero attached hydrogens (tertiary/aromatic N) is 3. The quantitative estimate of drug-likeness (QED) is 0.839. The third kappa shape index (κ3) is 2.33. The molecule has 0 bridgehead atoms. The van der Waals surface area contributed by atoms with Crippen LogP contribution < -0.4 is 11.1 Å². The van der Waals surface area contributed by atoms with Gasteiger partial charge in [0, 0.05) is 11.6 Å². The van der Waals surface area contributed by atoms with Crippen LogP contribution in [0.1, 0.15) is 24.6 Å². The molecule has 3 N–H and O–H groups in total. The molecule has 17 heavy (non-hydrogen) atoms. The Kier molecular flexibility index (Phi) is 2.36. The minimum absolute atomic E-state index is 0.278. The van der Waals surface area contributed by atoms with Crippen LogP contribution in [-0.2, 0) is 0 Å². The zero-order valence-corrected chi connectivity index (χ0v) is 9.30. The van der Waals surface area contributed by atoms with Crippen molar-refractivity contribution in [2.75, 3.05) is 11.1 Å². The topological polar surface area (TPSA) is 76.7 Å². The average Bonchev–Trinajstić information content (AvgIpc) is 3.13. The minimum atomic E-state index is 0.278. The summed E-state index contributed by atoms with van der Waals surface area (Å²) in [5.74, 6) is 2.07. The van der Waals surface area contributed by atoms with Gasteiger partial charge in [-0.1, -0.05) is 18.2 Å². The van der Waals surface area contributed by atoms with E-state index in [0.29, 0.717) is 11.9 Å². The lowest BCUT2D eigenvalue weighted by Crippen LogP contribution is -2.06. The van der Waals surface area contributed by atoms with E-state index >= 15 is 0 Å². The lowest BCUT2D eigenvalue weighted by molar-refractivity contribution is 0.902. The molecule has 0 aliphatic heterocycles. The van der Waals surface area contributed by atoms with Gasteiger partial charge in [0.15, 0.2) is 0 Å². The van der Waals surface area contributed by atoms with Gasteiger partial charge in [0.2, 0.25) is 11.9 Å². The molecular formula is C12H13N5. The van der Waals surface area contributed by atoms with Gasteiger partial charge in [0.1, 0.15) is 5.82 Å². The van der Waals surface area contributed by atoms with Crippen LogP contribution in [0.2, 0.25) is 0 Å². The number of rotatable bonds is 3. The summed E-state index contributed by atoms with van der Waals surface area (Å²) in [5, 5.41) is 3.13. The highest BCUT2D eigenvalue weighted by atomic mass is 15.2. The van der Waals surface area contributed by atoms with Crippen molar-refractivity contribution >= 4 is 17.6 Å². The van der Waals surface area contributed by atoms with Gasteiger partial charge in [-0.25, -0.2) is 0 Å². The van der Waals surface area contributed by atoms with Crippen LogP contribution in [0.25, 0.3) is 0 Å². The van der Waals surface area contributed by atoms with Gasteiger partial charge in [0.25, 0.3) is 0 Å². The highest BCUT2D eigenvalue weighted by Gasteiger charge is 2.27. The van der Waals surface area contributed by atoms with E-state index in [-0.39, 0.29) is 5.95 Å². The highest BCUT2D eigenvalue weighted by molar-refractivity contribution is 5.53. The number of nitrogen functional groups attached to an aromatic ring is 1. The first-order valence-corrected chi connectivity index (χ1v) is 5.65. The fourth-order valence-corrected chi connectivity index (χ4v) is 1.64. The monoisotopic (exact) mass is 227 g/mol. The molecule has 0 unspecified atom stereocenters. The molecule has 1 heterocycles.